The van der Waals surface area contributed by atoms with Crippen molar-refractivity contribution >= 4 is 62.3 Å². The predicted octanol–water partition coefficient (Wildman–Crippen LogP) is 5.25. The summed E-state index contributed by atoms with van der Waals surface area (Å²) in [4.78, 5) is 40.2. The van der Waals surface area contributed by atoms with Gasteiger partial charge in [0.2, 0.25) is 27.8 Å². The summed E-state index contributed by atoms with van der Waals surface area (Å²) in [5.74, 6) is -1.13. The molecule has 2 atom stereocenters. The van der Waals surface area contributed by atoms with Crippen molar-refractivity contribution in [2.45, 2.75) is 100 Å². The maximum Gasteiger partial charge on any atom is 0.421 e. The van der Waals surface area contributed by atoms with Crippen LogP contribution in [-0.2, 0) is 25.8 Å². The van der Waals surface area contributed by atoms with Gasteiger partial charge in [-0.05, 0) is 94.5 Å². The van der Waals surface area contributed by atoms with Crippen molar-refractivity contribution in [2.24, 2.45) is 5.92 Å². The van der Waals surface area contributed by atoms with E-state index in [9.17, 15) is 36.3 Å². The first-order chi connectivity index (χ1) is 30.3. The monoisotopic (exact) mass is 934 g/mol. The Morgan fingerprint density at radius 3 is 2.39 bits per heavy atom. The maximum absolute atomic E-state index is 15.3. The third-order valence-electron chi connectivity index (χ3n) is 13.2. The number of rotatable bonds is 12. The van der Waals surface area contributed by atoms with Crippen molar-refractivity contribution in [3.05, 3.63) is 58.5 Å². The zero-order valence-electron chi connectivity index (χ0n) is 35.9. The SMILES string of the molecule is Cc1cc(S(=O)(=O)NC2CC(N3CCN(CC4CCN(c5cc(Cl)c(NC6CCC(=O)NC6=O)cc5F)CC4)CC3)C2)ccc1Nc1ncc(C(F)(F)F)c(N2CCC[C@](C)(O)C2)n1. The number of aliphatic hydroxyl groups is 1. The molecule has 21 heteroatoms. The number of alkyl halides is 3. The molecule has 1 aromatic heterocycles. The molecule has 0 spiro atoms. The second-order valence-corrected chi connectivity index (χ2v) is 20.3. The number of β-amino-alcohol motifs (C(OH)–C–C–N with tert-alkyl or cyclic N) is 1. The van der Waals surface area contributed by atoms with Gasteiger partial charge >= 0.3 is 6.18 Å². The van der Waals surface area contributed by atoms with Gasteiger partial charge in [0.05, 0.1) is 26.9 Å². The van der Waals surface area contributed by atoms with Crippen molar-refractivity contribution in [2.75, 3.05) is 79.3 Å². The molecule has 2 aromatic carbocycles. The average Bonchev–Trinajstić information content (AvgIpc) is 3.22. The van der Waals surface area contributed by atoms with Crippen LogP contribution in [0.2, 0.25) is 5.02 Å². The van der Waals surface area contributed by atoms with Gasteiger partial charge in [-0.2, -0.15) is 18.2 Å². The number of carbonyl (C=O) groups is 2. The predicted molar refractivity (Wildman–Crippen MR) is 235 cm³/mol. The molecule has 64 heavy (non-hydrogen) atoms. The Hall–Kier alpha value is -4.34. The molecule has 5 N–H and O–H groups in total. The van der Waals surface area contributed by atoms with Gasteiger partial charge in [0.1, 0.15) is 23.2 Å². The normalized spacial score (nSPS) is 25.5. The number of piperidine rings is 3. The van der Waals surface area contributed by atoms with Crippen LogP contribution in [0.5, 0.6) is 0 Å². The third kappa shape index (κ3) is 10.7. The summed E-state index contributed by atoms with van der Waals surface area (Å²) in [7, 11) is -3.85. The summed E-state index contributed by atoms with van der Waals surface area (Å²) in [6.07, 6.45) is 0.727. The number of halogens is 5. The first-order valence-corrected chi connectivity index (χ1v) is 23.8. The molecule has 5 heterocycles. The Kier molecular flexibility index (Phi) is 13.4. The quantitative estimate of drug-likeness (QED) is 0.118. The number of nitrogens with zero attached hydrogens (tertiary/aromatic N) is 6. The highest BCUT2D eigenvalue weighted by molar-refractivity contribution is 7.89. The van der Waals surface area contributed by atoms with E-state index < -0.39 is 45.1 Å². The number of imide groups is 1. The highest BCUT2D eigenvalue weighted by Crippen LogP contribution is 2.39. The minimum absolute atomic E-state index is 0.0102. The van der Waals surface area contributed by atoms with Crippen molar-refractivity contribution < 1.29 is 40.7 Å². The summed E-state index contributed by atoms with van der Waals surface area (Å²) >= 11 is 6.52. The number of sulfonamides is 1. The number of hydrogen-bond acceptors (Lipinski definition) is 13. The molecular weight excluding hydrogens is 880 g/mol. The standard InChI is InChI=1S/C43H55ClF4N10O5S/c1-26-18-30(4-5-34(26)51-41-49-23-31(43(46,47)48)39(53-41)58-11-3-10-42(2,61)25-58)64(62,63)54-28-19-29(20-28)56-16-14-55(15-17-56)24-27-8-12-57(13-9-27)37-21-32(44)36(22-33(37)45)50-35-6-7-38(59)52-40(35)60/h4-5,18,21-23,27-29,35,50,54,61H,3,6-17,19-20,24-25H2,1-2H3,(H,49,51,53)(H,52,59,60)/t28?,29?,35?,42-/m0/s1. The number of nitrogens with one attached hydrogen (secondary N) is 4. The summed E-state index contributed by atoms with van der Waals surface area (Å²) in [6, 6.07) is 6.83. The largest absolute Gasteiger partial charge is 0.421 e. The highest BCUT2D eigenvalue weighted by Gasteiger charge is 2.40. The van der Waals surface area contributed by atoms with Gasteiger partial charge in [0, 0.05) is 95.4 Å². The lowest BCUT2D eigenvalue weighted by atomic mass is 9.86. The second-order valence-electron chi connectivity index (χ2n) is 18.2. The molecule has 0 bridgehead atoms. The molecule has 2 amide bonds. The molecule has 4 saturated heterocycles. The summed E-state index contributed by atoms with van der Waals surface area (Å²) in [6.45, 7) is 9.53. The van der Waals surface area contributed by atoms with Crippen LogP contribution >= 0.6 is 11.6 Å². The molecule has 1 saturated carbocycles. The van der Waals surface area contributed by atoms with E-state index >= 15 is 4.39 Å². The van der Waals surface area contributed by atoms with E-state index in [0.29, 0.717) is 85.3 Å². The van der Waals surface area contributed by atoms with Crippen LogP contribution in [0.4, 0.5) is 46.4 Å². The van der Waals surface area contributed by atoms with Crippen LogP contribution < -0.4 is 30.5 Å². The zero-order chi connectivity index (χ0) is 45.6. The van der Waals surface area contributed by atoms with Crippen LogP contribution in [0, 0.1) is 18.7 Å². The van der Waals surface area contributed by atoms with E-state index in [-0.39, 0.29) is 47.6 Å². The van der Waals surface area contributed by atoms with E-state index in [2.05, 4.69) is 40.4 Å². The number of hydrogen-bond donors (Lipinski definition) is 5. The number of aryl methyl sites for hydroxylation is 1. The van der Waals surface area contributed by atoms with Gasteiger partial charge in [-0.1, -0.05) is 11.6 Å². The molecule has 0 radical (unpaired) electrons. The van der Waals surface area contributed by atoms with E-state index in [4.69, 9.17) is 11.6 Å². The van der Waals surface area contributed by atoms with Crippen LogP contribution in [-0.4, -0.2) is 128 Å². The molecule has 348 valence electrons. The van der Waals surface area contributed by atoms with Crippen molar-refractivity contribution in [3.8, 4) is 0 Å². The minimum atomic E-state index is -4.70. The summed E-state index contributed by atoms with van der Waals surface area (Å²) in [5.41, 5.74) is -0.432. The Morgan fingerprint density at radius 2 is 1.72 bits per heavy atom. The molecule has 5 fully saturated rings. The molecule has 15 nitrogen and oxygen atoms in total. The van der Waals surface area contributed by atoms with Gasteiger partial charge in [-0.15, -0.1) is 0 Å². The number of amides is 2. The molecule has 1 aliphatic carbocycles. The fourth-order valence-electron chi connectivity index (χ4n) is 9.55. The zero-order valence-corrected chi connectivity index (χ0v) is 37.4. The van der Waals surface area contributed by atoms with E-state index in [1.165, 1.54) is 23.1 Å². The Bertz CT molecular complexity index is 2340. The summed E-state index contributed by atoms with van der Waals surface area (Å²) in [5, 5.41) is 19.1. The van der Waals surface area contributed by atoms with E-state index in [1.54, 1.807) is 26.0 Å². The van der Waals surface area contributed by atoms with Gasteiger partial charge in [-0.25, -0.2) is 22.5 Å². The van der Waals surface area contributed by atoms with Crippen LogP contribution in [0.25, 0.3) is 0 Å². The van der Waals surface area contributed by atoms with Crippen molar-refractivity contribution in [3.63, 3.8) is 0 Å². The maximum atomic E-state index is 15.3. The fraction of sp³-hybridized carbons (Fsp3) is 0.581. The lowest BCUT2D eigenvalue weighted by Crippen LogP contribution is -2.58. The molecule has 3 aromatic rings. The van der Waals surface area contributed by atoms with Gasteiger partial charge in [0.25, 0.3) is 0 Å². The molecular formula is C43H55ClF4N10O5S. The number of carbonyl (C=O) groups excluding carboxylic acids is 2. The first-order valence-electron chi connectivity index (χ1n) is 21.9. The van der Waals surface area contributed by atoms with E-state index in [0.717, 1.165) is 51.8 Å². The van der Waals surface area contributed by atoms with Gasteiger partial charge in [0.15, 0.2) is 0 Å². The highest BCUT2D eigenvalue weighted by atomic mass is 35.5. The Labute approximate surface area is 375 Å². The van der Waals surface area contributed by atoms with Crippen molar-refractivity contribution in [1.29, 1.82) is 0 Å². The van der Waals surface area contributed by atoms with Gasteiger partial charge in [-0.3, -0.25) is 19.8 Å². The minimum Gasteiger partial charge on any atom is -0.388 e. The molecule has 4 aliphatic heterocycles. The lowest BCUT2D eigenvalue weighted by molar-refractivity contribution is -0.138. The number of benzene rings is 2. The molecule has 5 aliphatic rings. The van der Waals surface area contributed by atoms with Crippen molar-refractivity contribution in [1.82, 2.24) is 29.8 Å². The lowest BCUT2D eigenvalue weighted by Gasteiger charge is -2.47. The summed E-state index contributed by atoms with van der Waals surface area (Å²) < 4.78 is 86.9. The fourth-order valence-corrected chi connectivity index (χ4v) is 11.1. The average molecular weight is 935 g/mol. The molecule has 1 unspecified atom stereocenters. The van der Waals surface area contributed by atoms with E-state index in [1.807, 2.05) is 4.90 Å². The third-order valence-corrected chi connectivity index (χ3v) is 15.1. The number of aromatic nitrogens is 2. The first kappa shape index (κ1) is 46.2. The topological polar surface area (TPSA) is 175 Å². The smallest absolute Gasteiger partial charge is 0.388 e. The second kappa shape index (κ2) is 18.5. The van der Waals surface area contributed by atoms with Crippen LogP contribution in [0.3, 0.4) is 0 Å². The number of anilines is 5. The van der Waals surface area contributed by atoms with Crippen LogP contribution in [0.15, 0.2) is 41.4 Å². The number of piperazine rings is 1. The van der Waals surface area contributed by atoms with Crippen LogP contribution in [0.1, 0.15) is 69.4 Å². The Balaban J connectivity index is 0.772. The molecule has 8 rings (SSSR count). The van der Waals surface area contributed by atoms with Gasteiger partial charge < -0.3 is 30.4 Å². The Morgan fingerprint density at radius 1 is 0.984 bits per heavy atom.